The first-order chi connectivity index (χ1) is 6.65. The van der Waals surface area contributed by atoms with Crippen LogP contribution in [0.25, 0.3) is 0 Å². The van der Waals surface area contributed by atoms with Gasteiger partial charge in [0.1, 0.15) is 6.54 Å². The van der Waals surface area contributed by atoms with Crippen LogP contribution < -0.4 is 10.6 Å². The van der Waals surface area contributed by atoms with Crippen LogP contribution in [0.2, 0.25) is 0 Å². The second kappa shape index (κ2) is 4.73. The van der Waals surface area contributed by atoms with E-state index >= 15 is 0 Å². The number of aliphatic carboxylic acids is 1. The zero-order valence-electron chi connectivity index (χ0n) is 7.34. The number of amides is 1. The number of thiophene rings is 1. The lowest BCUT2D eigenvalue weighted by molar-refractivity contribution is -0.136. The molecule has 1 rings (SSSR count). The minimum Gasteiger partial charge on any atom is -0.480 e. The number of hydrogen-bond donors (Lipinski definition) is 2. The van der Waals surface area contributed by atoms with E-state index in [1.54, 1.807) is 17.5 Å². The van der Waals surface area contributed by atoms with Crippen molar-refractivity contribution in [2.75, 3.05) is 18.0 Å². The van der Waals surface area contributed by atoms with Crippen LogP contribution in [0.4, 0.5) is 5.00 Å². The predicted octanol–water partition coefficient (Wildman–Crippen LogP) is 0.124. The molecule has 3 N–H and O–H groups in total. The Morgan fingerprint density at radius 1 is 1.57 bits per heavy atom. The summed E-state index contributed by atoms with van der Waals surface area (Å²) in [5.74, 6) is -1.45. The molecule has 1 aromatic rings. The summed E-state index contributed by atoms with van der Waals surface area (Å²) in [6, 6.07) is 3.43. The lowest BCUT2D eigenvalue weighted by Gasteiger charge is -2.17. The van der Waals surface area contributed by atoms with Gasteiger partial charge in [0.05, 0.1) is 11.5 Å². The molecule has 0 atom stereocenters. The molecule has 0 aliphatic heterocycles. The van der Waals surface area contributed by atoms with E-state index in [4.69, 9.17) is 10.8 Å². The summed E-state index contributed by atoms with van der Waals surface area (Å²) >= 11 is 1.30. The number of rotatable bonds is 4. The molecule has 0 aliphatic rings. The summed E-state index contributed by atoms with van der Waals surface area (Å²) in [5, 5.41) is 11.0. The molecule has 0 aromatic carbocycles. The van der Waals surface area contributed by atoms with E-state index in [1.807, 2.05) is 0 Å². The minimum absolute atomic E-state index is 0.189. The first-order valence-corrected chi connectivity index (χ1v) is 4.79. The third-order valence-electron chi connectivity index (χ3n) is 1.54. The lowest BCUT2D eigenvalue weighted by atomic mass is 10.4. The number of carbonyl (C=O) groups is 2. The highest BCUT2D eigenvalue weighted by Gasteiger charge is 2.17. The van der Waals surface area contributed by atoms with Gasteiger partial charge in [-0.25, -0.2) is 0 Å². The topological polar surface area (TPSA) is 83.6 Å². The second-order valence-corrected chi connectivity index (χ2v) is 3.46. The Morgan fingerprint density at radius 2 is 2.29 bits per heavy atom. The molecule has 6 heteroatoms. The molecule has 0 spiro atoms. The van der Waals surface area contributed by atoms with Gasteiger partial charge in [0.25, 0.3) is 0 Å². The average molecular weight is 214 g/mol. The van der Waals surface area contributed by atoms with E-state index in [9.17, 15) is 9.59 Å². The summed E-state index contributed by atoms with van der Waals surface area (Å²) in [4.78, 5) is 22.9. The predicted molar refractivity (Wildman–Crippen MR) is 53.4 cm³/mol. The van der Waals surface area contributed by atoms with E-state index in [0.29, 0.717) is 5.00 Å². The number of carboxylic acid groups (broad SMARTS) is 1. The molecule has 76 valence electrons. The number of nitrogens with zero attached hydrogens (tertiary/aromatic N) is 1. The summed E-state index contributed by atoms with van der Waals surface area (Å²) in [7, 11) is 0. The first-order valence-electron chi connectivity index (χ1n) is 3.91. The Hall–Kier alpha value is -1.40. The van der Waals surface area contributed by atoms with E-state index < -0.39 is 11.9 Å². The highest BCUT2D eigenvalue weighted by atomic mass is 32.1. The zero-order valence-corrected chi connectivity index (χ0v) is 8.16. The van der Waals surface area contributed by atoms with Crippen molar-refractivity contribution in [3.63, 3.8) is 0 Å². The van der Waals surface area contributed by atoms with Crippen molar-refractivity contribution in [1.29, 1.82) is 0 Å². The third kappa shape index (κ3) is 2.54. The highest BCUT2D eigenvalue weighted by Crippen LogP contribution is 2.20. The van der Waals surface area contributed by atoms with Crippen LogP contribution >= 0.6 is 11.3 Å². The van der Waals surface area contributed by atoms with Crippen LogP contribution in [0.1, 0.15) is 0 Å². The fourth-order valence-electron chi connectivity index (χ4n) is 0.958. The Bertz CT molecular complexity index is 323. The third-order valence-corrected chi connectivity index (χ3v) is 2.43. The number of carbonyl (C=O) groups excluding carboxylic acids is 1. The van der Waals surface area contributed by atoms with E-state index in [0.717, 1.165) is 4.90 Å². The zero-order chi connectivity index (χ0) is 10.6. The molecule has 0 fully saturated rings. The van der Waals surface area contributed by atoms with Gasteiger partial charge in [0.15, 0.2) is 0 Å². The van der Waals surface area contributed by atoms with Gasteiger partial charge < -0.3 is 10.8 Å². The lowest BCUT2D eigenvalue weighted by Crippen LogP contribution is -2.39. The van der Waals surface area contributed by atoms with Crippen molar-refractivity contribution in [2.24, 2.45) is 5.73 Å². The van der Waals surface area contributed by atoms with Gasteiger partial charge in [0.2, 0.25) is 5.91 Å². The molecule has 0 aliphatic carbocycles. The molecule has 1 aromatic heterocycles. The molecule has 0 unspecified atom stereocenters. The SMILES string of the molecule is NCC(=O)N(CC(=O)O)c1cccs1. The number of hydrogen-bond acceptors (Lipinski definition) is 4. The number of carboxylic acids is 1. The van der Waals surface area contributed by atoms with Gasteiger partial charge in [-0.15, -0.1) is 11.3 Å². The number of nitrogens with two attached hydrogens (primary N) is 1. The summed E-state index contributed by atoms with van der Waals surface area (Å²) in [6.45, 7) is -0.540. The quantitative estimate of drug-likeness (QED) is 0.746. The Kier molecular flexibility index (Phi) is 3.61. The van der Waals surface area contributed by atoms with Crippen molar-refractivity contribution in [2.45, 2.75) is 0 Å². The fraction of sp³-hybridized carbons (Fsp3) is 0.250. The molecular weight excluding hydrogens is 204 g/mol. The normalized spacial score (nSPS) is 9.79. The highest BCUT2D eigenvalue weighted by molar-refractivity contribution is 7.14. The maximum Gasteiger partial charge on any atom is 0.323 e. The maximum absolute atomic E-state index is 11.3. The van der Waals surface area contributed by atoms with Crippen LogP contribution in [0.3, 0.4) is 0 Å². The molecule has 1 heterocycles. The van der Waals surface area contributed by atoms with Crippen LogP contribution in [-0.2, 0) is 9.59 Å². The van der Waals surface area contributed by atoms with Gasteiger partial charge >= 0.3 is 5.97 Å². The van der Waals surface area contributed by atoms with Crippen LogP contribution in [0.5, 0.6) is 0 Å². The van der Waals surface area contributed by atoms with Crippen molar-refractivity contribution < 1.29 is 14.7 Å². The monoisotopic (exact) mass is 214 g/mol. The molecule has 14 heavy (non-hydrogen) atoms. The second-order valence-electron chi connectivity index (χ2n) is 2.53. The first kappa shape index (κ1) is 10.7. The van der Waals surface area contributed by atoms with E-state index in [-0.39, 0.29) is 13.1 Å². The van der Waals surface area contributed by atoms with Crippen molar-refractivity contribution in [3.8, 4) is 0 Å². The molecule has 0 radical (unpaired) electrons. The summed E-state index contributed by atoms with van der Waals surface area (Å²) < 4.78 is 0. The van der Waals surface area contributed by atoms with Crippen LogP contribution in [0.15, 0.2) is 17.5 Å². The fourth-order valence-corrected chi connectivity index (χ4v) is 1.71. The Labute approximate surface area is 84.7 Å². The molecule has 1 amide bonds. The smallest absolute Gasteiger partial charge is 0.323 e. The van der Waals surface area contributed by atoms with E-state index in [2.05, 4.69) is 0 Å². The Morgan fingerprint density at radius 3 is 2.71 bits per heavy atom. The van der Waals surface area contributed by atoms with Crippen molar-refractivity contribution in [1.82, 2.24) is 0 Å². The summed E-state index contributed by atoms with van der Waals surface area (Å²) in [6.07, 6.45) is 0. The molecular formula is C8H10N2O3S. The largest absolute Gasteiger partial charge is 0.480 e. The van der Waals surface area contributed by atoms with Crippen LogP contribution in [-0.4, -0.2) is 30.1 Å². The van der Waals surface area contributed by atoms with Gasteiger partial charge in [-0.3, -0.25) is 14.5 Å². The summed E-state index contributed by atoms with van der Waals surface area (Å²) in [5.41, 5.74) is 5.18. The van der Waals surface area contributed by atoms with E-state index in [1.165, 1.54) is 11.3 Å². The van der Waals surface area contributed by atoms with Gasteiger partial charge in [-0.1, -0.05) is 0 Å². The van der Waals surface area contributed by atoms with Gasteiger partial charge in [-0.2, -0.15) is 0 Å². The van der Waals surface area contributed by atoms with Gasteiger partial charge in [0, 0.05) is 0 Å². The Balaban J connectivity index is 2.82. The molecule has 0 saturated carbocycles. The average Bonchev–Trinajstić information content (AvgIpc) is 2.65. The van der Waals surface area contributed by atoms with Crippen molar-refractivity contribution in [3.05, 3.63) is 17.5 Å². The van der Waals surface area contributed by atoms with Crippen LogP contribution in [0, 0.1) is 0 Å². The number of anilines is 1. The minimum atomic E-state index is -1.06. The maximum atomic E-state index is 11.3. The molecule has 0 saturated heterocycles. The molecule has 0 bridgehead atoms. The standard InChI is InChI=1S/C8H10N2O3S/c9-4-6(11)10(5-8(12)13)7-2-1-3-14-7/h1-3H,4-5,9H2,(H,12,13). The molecule has 5 nitrogen and oxygen atoms in total. The van der Waals surface area contributed by atoms with Crippen molar-refractivity contribution >= 4 is 28.2 Å². The van der Waals surface area contributed by atoms with Gasteiger partial charge in [-0.05, 0) is 17.5 Å².